The molecule has 6 heteroatoms. The monoisotopic (exact) mass is 241 g/mol. The van der Waals surface area contributed by atoms with E-state index in [1.807, 2.05) is 33.1 Å². The molecule has 1 aromatic heterocycles. The second-order valence-corrected chi connectivity index (χ2v) is 4.81. The van der Waals surface area contributed by atoms with Crippen molar-refractivity contribution in [1.82, 2.24) is 15.7 Å². The van der Waals surface area contributed by atoms with E-state index in [-0.39, 0.29) is 6.04 Å². The van der Waals surface area contributed by atoms with E-state index in [2.05, 4.69) is 20.7 Å². The largest absolute Gasteiger partial charge is 0.353 e. The summed E-state index contributed by atoms with van der Waals surface area (Å²) in [5.74, 6) is 5.99. The number of guanidine groups is 1. The van der Waals surface area contributed by atoms with Gasteiger partial charge < -0.3 is 5.32 Å². The van der Waals surface area contributed by atoms with Crippen molar-refractivity contribution < 1.29 is 0 Å². The number of thiazole rings is 1. The van der Waals surface area contributed by atoms with Crippen LogP contribution in [0.3, 0.4) is 0 Å². The van der Waals surface area contributed by atoms with Gasteiger partial charge in [-0.2, -0.15) is 0 Å². The molecule has 0 fully saturated rings. The van der Waals surface area contributed by atoms with Crippen molar-refractivity contribution in [3.63, 3.8) is 0 Å². The Morgan fingerprint density at radius 2 is 2.19 bits per heavy atom. The topological polar surface area (TPSA) is 75.3 Å². The van der Waals surface area contributed by atoms with Crippen LogP contribution in [0.2, 0.25) is 0 Å². The van der Waals surface area contributed by atoms with E-state index in [1.165, 1.54) is 0 Å². The molecule has 0 saturated carbocycles. The van der Waals surface area contributed by atoms with E-state index < -0.39 is 0 Å². The molecule has 1 atom stereocenters. The van der Waals surface area contributed by atoms with Crippen LogP contribution in [-0.2, 0) is 0 Å². The molecule has 1 unspecified atom stereocenters. The normalized spacial score (nSPS) is 14.0. The zero-order valence-electron chi connectivity index (χ0n) is 10.1. The van der Waals surface area contributed by atoms with Crippen molar-refractivity contribution >= 4 is 17.3 Å². The second kappa shape index (κ2) is 5.81. The van der Waals surface area contributed by atoms with Crippen LogP contribution in [0.5, 0.6) is 0 Å². The third kappa shape index (κ3) is 3.79. The fraction of sp³-hybridized carbons (Fsp3) is 0.600. The minimum Gasteiger partial charge on any atom is -0.353 e. The predicted molar refractivity (Wildman–Crippen MR) is 68.3 cm³/mol. The van der Waals surface area contributed by atoms with E-state index in [9.17, 15) is 0 Å². The summed E-state index contributed by atoms with van der Waals surface area (Å²) in [4.78, 5) is 8.83. The summed E-state index contributed by atoms with van der Waals surface area (Å²) in [6.45, 7) is 8.04. The van der Waals surface area contributed by atoms with Crippen molar-refractivity contribution in [1.29, 1.82) is 0 Å². The van der Waals surface area contributed by atoms with E-state index in [0.29, 0.717) is 12.0 Å². The number of aromatic nitrogens is 1. The Balaban J connectivity index is 2.72. The van der Waals surface area contributed by atoms with Crippen LogP contribution in [0.15, 0.2) is 10.4 Å². The average molecular weight is 241 g/mol. The minimum atomic E-state index is 0.0102. The lowest BCUT2D eigenvalue weighted by Gasteiger charge is -2.13. The quantitative estimate of drug-likeness (QED) is 0.323. The third-order valence-electron chi connectivity index (χ3n) is 1.88. The van der Waals surface area contributed by atoms with Crippen molar-refractivity contribution in [3.8, 4) is 0 Å². The highest BCUT2D eigenvalue weighted by molar-refractivity contribution is 7.09. The molecule has 0 aliphatic rings. The molecule has 1 heterocycles. The molecule has 0 aliphatic carbocycles. The highest BCUT2D eigenvalue weighted by Gasteiger charge is 2.09. The van der Waals surface area contributed by atoms with Gasteiger partial charge in [-0.3, -0.25) is 5.43 Å². The van der Waals surface area contributed by atoms with Gasteiger partial charge in [0.25, 0.3) is 0 Å². The van der Waals surface area contributed by atoms with E-state index in [0.717, 1.165) is 10.7 Å². The fourth-order valence-corrected chi connectivity index (χ4v) is 1.99. The maximum absolute atomic E-state index is 5.39. The zero-order chi connectivity index (χ0) is 12.1. The molecule has 0 spiro atoms. The number of nitrogens with one attached hydrogen (secondary N) is 2. The number of nitrogens with zero attached hydrogens (tertiary/aromatic N) is 2. The summed E-state index contributed by atoms with van der Waals surface area (Å²) in [5.41, 5.74) is 3.59. The molecule has 0 aromatic carbocycles. The Morgan fingerprint density at radius 1 is 1.50 bits per heavy atom. The molecular weight excluding hydrogens is 222 g/mol. The van der Waals surface area contributed by atoms with E-state index >= 15 is 0 Å². The highest BCUT2D eigenvalue weighted by atomic mass is 32.1. The standard InChI is InChI=1S/C10H19N5S/c1-6(2)12-10(15-11)14-8(4)9-13-7(3)5-16-9/h5-6,8H,11H2,1-4H3,(H2,12,14,15). The molecule has 16 heavy (non-hydrogen) atoms. The Kier molecular flexibility index (Phi) is 4.70. The lowest BCUT2D eigenvalue weighted by molar-refractivity contribution is 0.687. The number of rotatable bonds is 3. The number of hydrogen-bond acceptors (Lipinski definition) is 4. The van der Waals surface area contributed by atoms with Crippen LogP contribution < -0.4 is 16.6 Å². The average Bonchev–Trinajstić information content (AvgIpc) is 2.63. The van der Waals surface area contributed by atoms with Crippen molar-refractivity contribution in [2.24, 2.45) is 10.8 Å². The molecule has 0 radical (unpaired) electrons. The first-order valence-electron chi connectivity index (χ1n) is 5.26. The number of nitrogens with two attached hydrogens (primary N) is 1. The molecule has 0 bridgehead atoms. The third-order valence-corrected chi connectivity index (χ3v) is 3.01. The van der Waals surface area contributed by atoms with Gasteiger partial charge in [0.1, 0.15) is 11.0 Å². The Labute approximate surface area is 100 Å². The van der Waals surface area contributed by atoms with Crippen LogP contribution >= 0.6 is 11.3 Å². The Bertz CT molecular complexity index is 358. The Hall–Kier alpha value is -1.14. The second-order valence-electron chi connectivity index (χ2n) is 3.92. The van der Waals surface area contributed by atoms with Gasteiger partial charge in [-0.25, -0.2) is 15.8 Å². The van der Waals surface area contributed by atoms with E-state index in [4.69, 9.17) is 5.84 Å². The summed E-state index contributed by atoms with van der Waals surface area (Å²) in [6.07, 6.45) is 0. The summed E-state index contributed by atoms with van der Waals surface area (Å²) in [7, 11) is 0. The van der Waals surface area contributed by atoms with Gasteiger partial charge in [-0.05, 0) is 27.7 Å². The highest BCUT2D eigenvalue weighted by Crippen LogP contribution is 2.20. The molecule has 0 aliphatic heterocycles. The number of aryl methyl sites for hydroxylation is 1. The number of hydrogen-bond donors (Lipinski definition) is 3. The first kappa shape index (κ1) is 12.9. The van der Waals surface area contributed by atoms with Crippen LogP contribution in [-0.4, -0.2) is 17.0 Å². The molecule has 1 aromatic rings. The summed E-state index contributed by atoms with van der Waals surface area (Å²) in [5, 5.41) is 6.14. The van der Waals surface area contributed by atoms with Crippen LogP contribution in [0.1, 0.15) is 37.5 Å². The molecule has 0 saturated heterocycles. The van der Waals surface area contributed by atoms with Gasteiger partial charge in [0.05, 0.1) is 0 Å². The van der Waals surface area contributed by atoms with Crippen molar-refractivity contribution in [3.05, 3.63) is 16.1 Å². The molecule has 1 rings (SSSR count). The number of hydrazine groups is 1. The molecule has 90 valence electrons. The maximum Gasteiger partial charge on any atom is 0.206 e. The summed E-state index contributed by atoms with van der Waals surface area (Å²) < 4.78 is 0. The van der Waals surface area contributed by atoms with Crippen LogP contribution in [0, 0.1) is 6.92 Å². The molecular formula is C10H19N5S. The molecule has 5 nitrogen and oxygen atoms in total. The van der Waals surface area contributed by atoms with Gasteiger partial charge in [-0.1, -0.05) is 0 Å². The minimum absolute atomic E-state index is 0.0102. The lowest BCUT2D eigenvalue weighted by Crippen LogP contribution is -2.44. The van der Waals surface area contributed by atoms with Gasteiger partial charge >= 0.3 is 0 Å². The predicted octanol–water partition coefficient (Wildman–Crippen LogP) is 1.33. The van der Waals surface area contributed by atoms with E-state index in [1.54, 1.807) is 11.3 Å². The first-order valence-corrected chi connectivity index (χ1v) is 6.14. The molecule has 4 N–H and O–H groups in total. The van der Waals surface area contributed by atoms with Gasteiger partial charge in [-0.15, -0.1) is 11.3 Å². The smallest absolute Gasteiger partial charge is 0.206 e. The maximum atomic E-state index is 5.39. The lowest BCUT2D eigenvalue weighted by atomic mass is 10.3. The zero-order valence-corrected chi connectivity index (χ0v) is 10.9. The van der Waals surface area contributed by atoms with Crippen molar-refractivity contribution in [2.75, 3.05) is 0 Å². The summed E-state index contributed by atoms with van der Waals surface area (Å²) >= 11 is 1.61. The Morgan fingerprint density at radius 3 is 2.62 bits per heavy atom. The van der Waals surface area contributed by atoms with Gasteiger partial charge in [0.15, 0.2) is 0 Å². The van der Waals surface area contributed by atoms with Gasteiger partial charge in [0, 0.05) is 17.1 Å². The van der Waals surface area contributed by atoms with Crippen LogP contribution in [0.25, 0.3) is 0 Å². The summed E-state index contributed by atoms with van der Waals surface area (Å²) in [6, 6.07) is 0.302. The first-order chi connectivity index (χ1) is 7.52. The molecule has 0 amide bonds. The number of aliphatic imine (C=N–C) groups is 1. The van der Waals surface area contributed by atoms with Gasteiger partial charge in [0.2, 0.25) is 5.96 Å². The van der Waals surface area contributed by atoms with Crippen LogP contribution in [0.4, 0.5) is 0 Å². The van der Waals surface area contributed by atoms with Crippen molar-refractivity contribution in [2.45, 2.75) is 39.8 Å². The SMILES string of the molecule is Cc1csc(C(C)N=C(NN)NC(C)C)n1. The fourth-order valence-electron chi connectivity index (χ4n) is 1.20.